The van der Waals surface area contributed by atoms with E-state index in [1.807, 2.05) is 11.4 Å². The van der Waals surface area contributed by atoms with Gasteiger partial charge in [-0.05, 0) is 42.6 Å². The van der Waals surface area contributed by atoms with Gasteiger partial charge < -0.3 is 14.6 Å². The van der Waals surface area contributed by atoms with E-state index in [0.717, 1.165) is 0 Å². The van der Waals surface area contributed by atoms with E-state index in [1.54, 1.807) is 37.3 Å². The van der Waals surface area contributed by atoms with Crippen LogP contribution in [-0.4, -0.2) is 17.0 Å². The van der Waals surface area contributed by atoms with Crippen molar-refractivity contribution in [1.29, 1.82) is 0 Å². The first-order valence-electron chi connectivity index (χ1n) is 6.72. The van der Waals surface area contributed by atoms with E-state index in [0.29, 0.717) is 22.0 Å². The fourth-order valence-corrected chi connectivity index (χ4v) is 2.44. The monoisotopic (exact) mass is 328 g/mol. The highest BCUT2D eigenvalue weighted by molar-refractivity contribution is 7.12. The summed E-state index contributed by atoms with van der Waals surface area (Å²) < 4.78 is 10.00. The van der Waals surface area contributed by atoms with Gasteiger partial charge in [-0.25, -0.2) is 4.79 Å². The third-order valence-corrected chi connectivity index (χ3v) is 3.77. The molecule has 3 aromatic rings. The summed E-state index contributed by atoms with van der Waals surface area (Å²) in [5.74, 6) is -0.418. The van der Waals surface area contributed by atoms with E-state index in [2.05, 4.69) is 10.5 Å². The zero-order chi connectivity index (χ0) is 16.2. The largest absolute Gasteiger partial charge is 0.421 e. The Hall–Kier alpha value is -2.93. The van der Waals surface area contributed by atoms with Crippen LogP contribution >= 0.6 is 11.3 Å². The molecule has 0 radical (unpaired) electrons. The van der Waals surface area contributed by atoms with Gasteiger partial charge in [0, 0.05) is 11.8 Å². The Labute approximate surface area is 135 Å². The van der Waals surface area contributed by atoms with Gasteiger partial charge in [0.25, 0.3) is 5.91 Å². The van der Waals surface area contributed by atoms with Gasteiger partial charge in [0.15, 0.2) is 0 Å². The molecule has 1 N–H and O–H groups in total. The van der Waals surface area contributed by atoms with E-state index in [9.17, 15) is 9.59 Å². The molecule has 2 aromatic heterocycles. The number of benzene rings is 1. The molecule has 116 valence electrons. The lowest BCUT2D eigenvalue weighted by atomic mass is 10.3. The lowest BCUT2D eigenvalue weighted by Crippen LogP contribution is -2.10. The number of carbonyl (C=O) groups is 2. The van der Waals surface area contributed by atoms with Gasteiger partial charge in [0.1, 0.15) is 5.75 Å². The van der Waals surface area contributed by atoms with Gasteiger partial charge in [-0.3, -0.25) is 4.79 Å². The van der Waals surface area contributed by atoms with Gasteiger partial charge >= 0.3 is 5.97 Å². The van der Waals surface area contributed by atoms with Gasteiger partial charge in [0.2, 0.25) is 5.76 Å². The molecule has 0 atom stereocenters. The minimum Gasteiger partial charge on any atom is -0.421 e. The van der Waals surface area contributed by atoms with E-state index < -0.39 is 5.97 Å². The fraction of sp³-hybridized carbons (Fsp3) is 0.0625. The van der Waals surface area contributed by atoms with Crippen LogP contribution in [0.1, 0.15) is 25.9 Å². The number of amides is 1. The highest BCUT2D eigenvalue weighted by Crippen LogP contribution is 2.19. The smallest absolute Gasteiger partial charge is 0.382 e. The molecule has 0 unspecified atom stereocenters. The molecule has 0 aliphatic heterocycles. The second-order valence-electron chi connectivity index (χ2n) is 4.68. The maximum absolute atomic E-state index is 11.9. The zero-order valence-electron chi connectivity index (χ0n) is 12.1. The molecule has 2 heterocycles. The van der Waals surface area contributed by atoms with Crippen LogP contribution in [0.5, 0.6) is 5.75 Å². The van der Waals surface area contributed by atoms with Crippen molar-refractivity contribution in [2.24, 2.45) is 0 Å². The van der Waals surface area contributed by atoms with Crippen LogP contribution < -0.4 is 10.1 Å². The second-order valence-corrected chi connectivity index (χ2v) is 5.63. The zero-order valence-corrected chi connectivity index (χ0v) is 12.9. The average Bonchev–Trinajstić information content (AvgIpc) is 3.20. The first kappa shape index (κ1) is 15.0. The summed E-state index contributed by atoms with van der Waals surface area (Å²) in [5.41, 5.74) is 1.21. The molecule has 1 amide bonds. The molecule has 0 aliphatic carbocycles. The SMILES string of the molecule is Cc1cc(C(=O)Oc2ccc(NC(=O)c3cccs3)cc2)on1. The van der Waals surface area contributed by atoms with Gasteiger partial charge in [-0.2, -0.15) is 0 Å². The van der Waals surface area contributed by atoms with E-state index >= 15 is 0 Å². The lowest BCUT2D eigenvalue weighted by Gasteiger charge is -2.05. The van der Waals surface area contributed by atoms with Crippen LogP contribution in [0.2, 0.25) is 0 Å². The number of hydrogen-bond acceptors (Lipinski definition) is 6. The molecule has 0 saturated heterocycles. The number of rotatable bonds is 4. The Morgan fingerprint density at radius 1 is 1.22 bits per heavy atom. The van der Waals surface area contributed by atoms with Crippen molar-refractivity contribution in [2.75, 3.05) is 5.32 Å². The summed E-state index contributed by atoms with van der Waals surface area (Å²) in [6.45, 7) is 1.71. The van der Waals surface area contributed by atoms with Crippen molar-refractivity contribution in [2.45, 2.75) is 6.92 Å². The molecule has 0 saturated carbocycles. The average molecular weight is 328 g/mol. The highest BCUT2D eigenvalue weighted by Gasteiger charge is 2.14. The number of carbonyl (C=O) groups excluding carboxylic acids is 2. The number of aryl methyl sites for hydroxylation is 1. The van der Waals surface area contributed by atoms with Crippen molar-refractivity contribution in [1.82, 2.24) is 5.16 Å². The molecule has 1 aromatic carbocycles. The molecular weight excluding hydrogens is 316 g/mol. The predicted molar refractivity (Wildman–Crippen MR) is 84.9 cm³/mol. The maximum atomic E-state index is 11.9. The second kappa shape index (κ2) is 6.45. The van der Waals surface area contributed by atoms with Crippen molar-refractivity contribution in [3.63, 3.8) is 0 Å². The molecule has 6 nitrogen and oxygen atoms in total. The number of esters is 1. The quantitative estimate of drug-likeness (QED) is 0.585. The van der Waals surface area contributed by atoms with Crippen molar-refractivity contribution < 1.29 is 18.8 Å². The highest BCUT2D eigenvalue weighted by atomic mass is 32.1. The summed E-state index contributed by atoms with van der Waals surface area (Å²) in [6.07, 6.45) is 0. The predicted octanol–water partition coefficient (Wildman–Crippen LogP) is 3.52. The number of ether oxygens (including phenoxy) is 1. The van der Waals surface area contributed by atoms with Gasteiger partial charge in [-0.15, -0.1) is 11.3 Å². The lowest BCUT2D eigenvalue weighted by molar-refractivity contribution is 0.0691. The third-order valence-electron chi connectivity index (χ3n) is 2.90. The van der Waals surface area contributed by atoms with Crippen LogP contribution in [0.4, 0.5) is 5.69 Å². The fourth-order valence-electron chi connectivity index (χ4n) is 1.82. The minimum absolute atomic E-state index is 0.0394. The topological polar surface area (TPSA) is 81.4 Å². The van der Waals surface area contributed by atoms with Crippen LogP contribution in [0.15, 0.2) is 52.4 Å². The Kier molecular flexibility index (Phi) is 4.20. The Morgan fingerprint density at radius 3 is 2.61 bits per heavy atom. The van der Waals surface area contributed by atoms with E-state index in [4.69, 9.17) is 9.26 Å². The normalized spacial score (nSPS) is 10.3. The van der Waals surface area contributed by atoms with E-state index in [-0.39, 0.29) is 11.7 Å². The summed E-state index contributed by atoms with van der Waals surface area (Å²) in [4.78, 5) is 24.4. The summed E-state index contributed by atoms with van der Waals surface area (Å²) >= 11 is 1.36. The van der Waals surface area contributed by atoms with Crippen LogP contribution in [0.25, 0.3) is 0 Å². The standard InChI is InChI=1S/C16H12N2O4S/c1-10-9-13(22-18-10)16(20)21-12-6-4-11(5-7-12)17-15(19)14-3-2-8-23-14/h2-9H,1H3,(H,17,19). The van der Waals surface area contributed by atoms with E-state index in [1.165, 1.54) is 17.4 Å². The summed E-state index contributed by atoms with van der Waals surface area (Å²) in [7, 11) is 0. The maximum Gasteiger partial charge on any atom is 0.382 e. The number of aromatic nitrogens is 1. The number of anilines is 1. The summed E-state index contributed by atoms with van der Waals surface area (Å²) in [6, 6.07) is 11.5. The molecule has 0 aliphatic rings. The van der Waals surface area contributed by atoms with Crippen molar-refractivity contribution in [3.05, 3.63) is 64.2 Å². The van der Waals surface area contributed by atoms with Crippen LogP contribution in [-0.2, 0) is 0 Å². The molecule has 0 fully saturated rings. The van der Waals surface area contributed by atoms with Crippen LogP contribution in [0, 0.1) is 6.92 Å². The van der Waals surface area contributed by atoms with Gasteiger partial charge in [-0.1, -0.05) is 11.2 Å². The first-order valence-corrected chi connectivity index (χ1v) is 7.60. The Morgan fingerprint density at radius 2 is 2.00 bits per heavy atom. The Balaban J connectivity index is 1.63. The minimum atomic E-state index is -0.624. The number of hydrogen-bond donors (Lipinski definition) is 1. The van der Waals surface area contributed by atoms with Crippen molar-refractivity contribution in [3.8, 4) is 5.75 Å². The molecule has 7 heteroatoms. The first-order chi connectivity index (χ1) is 11.1. The number of nitrogens with one attached hydrogen (secondary N) is 1. The van der Waals surface area contributed by atoms with Crippen molar-refractivity contribution >= 4 is 28.9 Å². The molecule has 0 spiro atoms. The Bertz CT molecular complexity index is 822. The third kappa shape index (κ3) is 3.64. The van der Waals surface area contributed by atoms with Crippen LogP contribution in [0.3, 0.4) is 0 Å². The number of nitrogens with zero attached hydrogens (tertiary/aromatic N) is 1. The van der Waals surface area contributed by atoms with Gasteiger partial charge in [0.05, 0.1) is 10.6 Å². The molecule has 23 heavy (non-hydrogen) atoms. The molecule has 0 bridgehead atoms. The molecule has 3 rings (SSSR count). The number of thiophene rings is 1. The molecular formula is C16H12N2O4S. The summed E-state index contributed by atoms with van der Waals surface area (Å²) in [5, 5.41) is 8.23.